The summed E-state index contributed by atoms with van der Waals surface area (Å²) in [5.74, 6) is -0.745. The first-order chi connectivity index (χ1) is 9.75. The molecule has 0 bridgehead atoms. The Balaban J connectivity index is 1.84. The van der Waals surface area contributed by atoms with Gasteiger partial charge in [0.1, 0.15) is 0 Å². The number of esters is 1. The van der Waals surface area contributed by atoms with Gasteiger partial charge < -0.3 is 4.74 Å². The molecule has 0 saturated carbocycles. The predicted octanol–water partition coefficient (Wildman–Crippen LogP) is 3.13. The molecule has 0 aliphatic heterocycles. The third-order valence-corrected chi connectivity index (χ3v) is 2.62. The summed E-state index contributed by atoms with van der Waals surface area (Å²) in [6, 6.07) is 18.0. The SMILES string of the molecule is O=C(C=Cc1ccccc1)COC(=O)c1ccccc1. The number of rotatable bonds is 5. The van der Waals surface area contributed by atoms with Crippen LogP contribution in [0.5, 0.6) is 0 Å². The average molecular weight is 266 g/mol. The Morgan fingerprint density at radius 3 is 2.15 bits per heavy atom. The molecule has 2 rings (SSSR count). The molecule has 0 N–H and O–H groups in total. The van der Waals surface area contributed by atoms with E-state index in [9.17, 15) is 9.59 Å². The van der Waals surface area contributed by atoms with Gasteiger partial charge in [-0.1, -0.05) is 54.6 Å². The molecule has 0 heterocycles. The number of carbonyl (C=O) groups is 2. The molecular weight excluding hydrogens is 252 g/mol. The van der Waals surface area contributed by atoms with Crippen LogP contribution >= 0.6 is 0 Å². The quantitative estimate of drug-likeness (QED) is 0.617. The molecule has 0 atom stereocenters. The van der Waals surface area contributed by atoms with E-state index in [-0.39, 0.29) is 12.4 Å². The maximum atomic E-state index is 11.6. The Kier molecular flexibility index (Phi) is 4.84. The van der Waals surface area contributed by atoms with Crippen LogP contribution in [-0.4, -0.2) is 18.4 Å². The molecule has 0 saturated heterocycles. The van der Waals surface area contributed by atoms with Gasteiger partial charge in [-0.2, -0.15) is 0 Å². The van der Waals surface area contributed by atoms with Crippen molar-refractivity contribution in [1.82, 2.24) is 0 Å². The smallest absolute Gasteiger partial charge is 0.338 e. The van der Waals surface area contributed by atoms with Gasteiger partial charge >= 0.3 is 5.97 Å². The van der Waals surface area contributed by atoms with Crippen LogP contribution in [0, 0.1) is 0 Å². The number of benzene rings is 2. The summed E-state index contributed by atoms with van der Waals surface area (Å²) in [7, 11) is 0. The van der Waals surface area contributed by atoms with Crippen molar-refractivity contribution in [2.24, 2.45) is 0 Å². The van der Waals surface area contributed by atoms with E-state index < -0.39 is 5.97 Å². The zero-order valence-corrected chi connectivity index (χ0v) is 10.9. The summed E-state index contributed by atoms with van der Waals surface area (Å²) < 4.78 is 4.94. The van der Waals surface area contributed by atoms with E-state index in [4.69, 9.17) is 4.74 Å². The number of ether oxygens (including phenoxy) is 1. The van der Waals surface area contributed by atoms with E-state index in [2.05, 4.69) is 0 Å². The lowest BCUT2D eigenvalue weighted by Gasteiger charge is -2.01. The summed E-state index contributed by atoms with van der Waals surface area (Å²) in [5.41, 5.74) is 1.36. The van der Waals surface area contributed by atoms with Crippen molar-refractivity contribution in [3.8, 4) is 0 Å². The fourth-order valence-electron chi connectivity index (χ4n) is 1.60. The van der Waals surface area contributed by atoms with Crippen LogP contribution < -0.4 is 0 Å². The molecule has 20 heavy (non-hydrogen) atoms. The molecule has 2 aromatic carbocycles. The third-order valence-electron chi connectivity index (χ3n) is 2.62. The lowest BCUT2D eigenvalue weighted by Crippen LogP contribution is -2.12. The highest BCUT2D eigenvalue weighted by Gasteiger charge is 2.07. The van der Waals surface area contributed by atoms with Crippen LogP contribution in [0.15, 0.2) is 66.7 Å². The van der Waals surface area contributed by atoms with Crippen molar-refractivity contribution in [2.45, 2.75) is 0 Å². The Labute approximate surface area is 117 Å². The van der Waals surface area contributed by atoms with Gasteiger partial charge in [0.05, 0.1) is 5.56 Å². The summed E-state index contributed by atoms with van der Waals surface area (Å²) in [6.07, 6.45) is 3.10. The normalized spacial score (nSPS) is 10.4. The van der Waals surface area contributed by atoms with Crippen LogP contribution in [0.3, 0.4) is 0 Å². The van der Waals surface area contributed by atoms with Crippen LogP contribution in [0.4, 0.5) is 0 Å². The Hall–Kier alpha value is -2.68. The highest BCUT2D eigenvalue weighted by atomic mass is 16.5. The fraction of sp³-hybridized carbons (Fsp3) is 0.0588. The van der Waals surface area contributed by atoms with Crippen LogP contribution in [0.25, 0.3) is 6.08 Å². The van der Waals surface area contributed by atoms with Crippen LogP contribution in [0.1, 0.15) is 15.9 Å². The average Bonchev–Trinajstić information content (AvgIpc) is 2.52. The molecule has 0 amide bonds. The lowest BCUT2D eigenvalue weighted by atomic mass is 10.2. The molecule has 3 nitrogen and oxygen atoms in total. The van der Waals surface area contributed by atoms with Gasteiger partial charge in [-0.3, -0.25) is 4.79 Å². The molecule has 100 valence electrons. The minimum absolute atomic E-state index is 0.252. The van der Waals surface area contributed by atoms with Crippen molar-refractivity contribution in [3.63, 3.8) is 0 Å². The second-order valence-electron chi connectivity index (χ2n) is 4.15. The highest BCUT2D eigenvalue weighted by molar-refractivity contribution is 5.97. The monoisotopic (exact) mass is 266 g/mol. The van der Waals surface area contributed by atoms with Gasteiger partial charge in [0.25, 0.3) is 0 Å². The van der Waals surface area contributed by atoms with Gasteiger partial charge in [0.15, 0.2) is 12.4 Å². The summed E-state index contributed by atoms with van der Waals surface area (Å²) in [6.45, 7) is -0.253. The molecule has 0 fully saturated rings. The zero-order chi connectivity index (χ0) is 14.2. The molecule has 2 aromatic rings. The molecule has 0 unspecified atom stereocenters. The van der Waals surface area contributed by atoms with E-state index in [0.717, 1.165) is 5.56 Å². The van der Waals surface area contributed by atoms with E-state index in [1.165, 1.54) is 6.08 Å². The minimum atomic E-state index is -0.493. The number of hydrogen-bond acceptors (Lipinski definition) is 3. The van der Waals surface area contributed by atoms with Gasteiger partial charge in [0, 0.05) is 0 Å². The lowest BCUT2D eigenvalue weighted by molar-refractivity contribution is -0.117. The zero-order valence-electron chi connectivity index (χ0n) is 10.9. The topological polar surface area (TPSA) is 43.4 Å². The maximum Gasteiger partial charge on any atom is 0.338 e. The first-order valence-corrected chi connectivity index (χ1v) is 6.24. The second-order valence-corrected chi connectivity index (χ2v) is 4.15. The number of ketones is 1. The first kappa shape index (κ1) is 13.7. The largest absolute Gasteiger partial charge is 0.454 e. The Morgan fingerprint density at radius 1 is 0.900 bits per heavy atom. The van der Waals surface area contributed by atoms with Gasteiger partial charge in [-0.05, 0) is 23.8 Å². The van der Waals surface area contributed by atoms with Crippen LogP contribution in [0.2, 0.25) is 0 Å². The number of carbonyl (C=O) groups excluding carboxylic acids is 2. The van der Waals surface area contributed by atoms with Gasteiger partial charge in [-0.25, -0.2) is 4.79 Å². The molecule has 3 heteroatoms. The molecule has 0 aliphatic carbocycles. The molecule has 0 spiro atoms. The van der Waals surface area contributed by atoms with Crippen LogP contribution in [-0.2, 0) is 9.53 Å². The summed E-state index contributed by atoms with van der Waals surface area (Å²) in [5, 5.41) is 0. The molecule has 0 aliphatic rings. The summed E-state index contributed by atoms with van der Waals surface area (Å²) in [4.78, 5) is 23.2. The Bertz CT molecular complexity index is 601. The molecule has 0 radical (unpaired) electrons. The van der Waals surface area contributed by atoms with E-state index in [1.54, 1.807) is 30.3 Å². The standard InChI is InChI=1S/C17H14O3/c18-16(12-11-14-7-3-1-4-8-14)13-20-17(19)15-9-5-2-6-10-15/h1-12H,13H2. The van der Waals surface area contributed by atoms with Crippen molar-refractivity contribution < 1.29 is 14.3 Å². The highest BCUT2D eigenvalue weighted by Crippen LogP contribution is 2.03. The summed E-state index contributed by atoms with van der Waals surface area (Å²) >= 11 is 0. The Morgan fingerprint density at radius 2 is 1.50 bits per heavy atom. The van der Waals surface area contributed by atoms with Crippen molar-refractivity contribution in [3.05, 3.63) is 77.9 Å². The van der Waals surface area contributed by atoms with Gasteiger partial charge in [0.2, 0.25) is 0 Å². The van der Waals surface area contributed by atoms with Crippen molar-refractivity contribution in [2.75, 3.05) is 6.61 Å². The van der Waals surface area contributed by atoms with Crippen molar-refractivity contribution in [1.29, 1.82) is 0 Å². The van der Waals surface area contributed by atoms with E-state index in [1.807, 2.05) is 36.4 Å². The first-order valence-electron chi connectivity index (χ1n) is 6.24. The van der Waals surface area contributed by atoms with Crippen molar-refractivity contribution >= 4 is 17.8 Å². The molecular formula is C17H14O3. The van der Waals surface area contributed by atoms with E-state index in [0.29, 0.717) is 5.56 Å². The minimum Gasteiger partial charge on any atom is -0.454 e. The predicted molar refractivity (Wildman–Crippen MR) is 77.2 cm³/mol. The molecule has 0 aromatic heterocycles. The third kappa shape index (κ3) is 4.21. The maximum absolute atomic E-state index is 11.6. The van der Waals surface area contributed by atoms with Gasteiger partial charge in [-0.15, -0.1) is 0 Å². The fourth-order valence-corrected chi connectivity index (χ4v) is 1.60. The van der Waals surface area contributed by atoms with E-state index >= 15 is 0 Å². The second kappa shape index (κ2) is 7.04. The number of hydrogen-bond donors (Lipinski definition) is 0.